The maximum absolute atomic E-state index is 12.5. The van der Waals surface area contributed by atoms with Crippen molar-refractivity contribution in [2.45, 2.75) is 57.9 Å². The van der Waals surface area contributed by atoms with E-state index < -0.39 is 30.4 Å². The van der Waals surface area contributed by atoms with Crippen molar-refractivity contribution in [1.29, 1.82) is 0 Å². The van der Waals surface area contributed by atoms with Gasteiger partial charge in [0.05, 0.1) is 5.92 Å². The fraction of sp³-hybridized carbons (Fsp3) is 0.550. The highest BCUT2D eigenvalue weighted by atomic mass is 16.5. The van der Waals surface area contributed by atoms with Gasteiger partial charge in [-0.15, -0.1) is 0 Å². The molecule has 0 unspecified atom stereocenters. The average Bonchev–Trinajstić information content (AvgIpc) is 3.13. The van der Waals surface area contributed by atoms with Crippen LogP contribution in [-0.4, -0.2) is 30.6 Å². The van der Waals surface area contributed by atoms with Gasteiger partial charge in [0.1, 0.15) is 0 Å². The van der Waals surface area contributed by atoms with Crippen LogP contribution in [0.3, 0.4) is 0 Å². The van der Waals surface area contributed by atoms with Crippen LogP contribution < -0.4 is 10.6 Å². The standard InChI is InChI=1S/C20H28N2O4/c1-3-14(2)18(15-9-5-4-6-10-15)19(24)26-13-17(23)22-20(25)21-16-11-7-8-12-16/h4-6,9-10,14,16,18H,3,7-8,11-13H2,1-2H3,(H2,21,22,23,25)/t14-,18+/m1/s1. The van der Waals surface area contributed by atoms with E-state index in [1.54, 1.807) is 0 Å². The van der Waals surface area contributed by atoms with E-state index in [2.05, 4.69) is 10.6 Å². The second-order valence-corrected chi connectivity index (χ2v) is 6.88. The zero-order valence-corrected chi connectivity index (χ0v) is 15.5. The molecule has 1 aromatic carbocycles. The van der Waals surface area contributed by atoms with Crippen molar-refractivity contribution in [2.75, 3.05) is 6.61 Å². The number of rotatable bonds is 7. The van der Waals surface area contributed by atoms with Crippen LogP contribution in [0.2, 0.25) is 0 Å². The molecule has 1 aromatic rings. The summed E-state index contributed by atoms with van der Waals surface area (Å²) in [4.78, 5) is 36.2. The van der Waals surface area contributed by atoms with Gasteiger partial charge < -0.3 is 10.1 Å². The number of hydrogen-bond donors (Lipinski definition) is 2. The second kappa shape index (κ2) is 9.94. The molecule has 6 nitrogen and oxygen atoms in total. The fourth-order valence-electron chi connectivity index (χ4n) is 3.27. The molecule has 0 radical (unpaired) electrons. The summed E-state index contributed by atoms with van der Waals surface area (Å²) in [6.45, 7) is 3.53. The highest BCUT2D eigenvalue weighted by Crippen LogP contribution is 2.28. The lowest BCUT2D eigenvalue weighted by Gasteiger charge is -2.21. The third kappa shape index (κ3) is 5.86. The maximum Gasteiger partial charge on any atom is 0.321 e. The Hall–Kier alpha value is -2.37. The molecular formula is C20H28N2O4. The van der Waals surface area contributed by atoms with E-state index in [1.165, 1.54) is 0 Å². The number of imide groups is 1. The number of ether oxygens (including phenoxy) is 1. The fourth-order valence-corrected chi connectivity index (χ4v) is 3.27. The van der Waals surface area contributed by atoms with Gasteiger partial charge >= 0.3 is 12.0 Å². The van der Waals surface area contributed by atoms with Gasteiger partial charge in [0.2, 0.25) is 0 Å². The van der Waals surface area contributed by atoms with Crippen LogP contribution in [0.5, 0.6) is 0 Å². The molecular weight excluding hydrogens is 332 g/mol. The van der Waals surface area contributed by atoms with Gasteiger partial charge in [-0.2, -0.15) is 0 Å². The smallest absolute Gasteiger partial charge is 0.321 e. The molecule has 3 amide bonds. The molecule has 2 atom stereocenters. The Morgan fingerprint density at radius 2 is 1.81 bits per heavy atom. The molecule has 0 spiro atoms. The molecule has 1 aliphatic rings. The Kier molecular flexibility index (Phi) is 7.63. The van der Waals surface area contributed by atoms with Crippen molar-refractivity contribution in [3.63, 3.8) is 0 Å². The van der Waals surface area contributed by atoms with Gasteiger partial charge in [-0.05, 0) is 24.3 Å². The minimum atomic E-state index is -0.621. The summed E-state index contributed by atoms with van der Waals surface area (Å²) in [5, 5.41) is 4.98. The van der Waals surface area contributed by atoms with E-state index in [0.717, 1.165) is 37.7 Å². The Morgan fingerprint density at radius 1 is 1.15 bits per heavy atom. The van der Waals surface area contributed by atoms with Crippen molar-refractivity contribution < 1.29 is 19.1 Å². The van der Waals surface area contributed by atoms with Gasteiger partial charge in [-0.1, -0.05) is 63.4 Å². The number of hydrogen-bond acceptors (Lipinski definition) is 4. The van der Waals surface area contributed by atoms with Crippen molar-refractivity contribution in [3.05, 3.63) is 35.9 Å². The Labute approximate surface area is 154 Å². The third-order valence-electron chi connectivity index (χ3n) is 4.91. The van der Waals surface area contributed by atoms with Crippen LogP contribution in [0.4, 0.5) is 4.79 Å². The number of nitrogens with one attached hydrogen (secondary N) is 2. The van der Waals surface area contributed by atoms with Crippen LogP contribution in [0.15, 0.2) is 30.3 Å². The van der Waals surface area contributed by atoms with Gasteiger partial charge in [0, 0.05) is 6.04 Å². The first-order valence-electron chi connectivity index (χ1n) is 9.33. The Balaban J connectivity index is 1.84. The van der Waals surface area contributed by atoms with E-state index in [9.17, 15) is 14.4 Å². The topological polar surface area (TPSA) is 84.5 Å². The number of esters is 1. The Morgan fingerprint density at radius 3 is 2.42 bits per heavy atom. The summed E-state index contributed by atoms with van der Waals surface area (Å²) >= 11 is 0. The maximum atomic E-state index is 12.5. The largest absolute Gasteiger partial charge is 0.455 e. The van der Waals surface area contributed by atoms with Gasteiger partial charge in [-0.25, -0.2) is 4.79 Å². The summed E-state index contributed by atoms with van der Waals surface area (Å²) in [6, 6.07) is 8.99. The molecule has 2 rings (SSSR count). The van der Waals surface area contributed by atoms with Gasteiger partial charge in [0.15, 0.2) is 6.61 Å². The van der Waals surface area contributed by atoms with Crippen molar-refractivity contribution >= 4 is 17.9 Å². The van der Waals surface area contributed by atoms with Crippen LogP contribution in [0, 0.1) is 5.92 Å². The summed E-state index contributed by atoms with van der Waals surface area (Å²) in [6.07, 6.45) is 4.86. The highest BCUT2D eigenvalue weighted by molar-refractivity contribution is 5.95. The quantitative estimate of drug-likeness (QED) is 0.732. The molecule has 1 aliphatic carbocycles. The molecule has 0 heterocycles. The molecule has 1 saturated carbocycles. The number of benzene rings is 1. The van der Waals surface area contributed by atoms with Gasteiger partial charge in [0.25, 0.3) is 5.91 Å². The third-order valence-corrected chi connectivity index (χ3v) is 4.91. The molecule has 0 aliphatic heterocycles. The first-order chi connectivity index (χ1) is 12.5. The van der Waals surface area contributed by atoms with E-state index in [4.69, 9.17) is 4.74 Å². The lowest BCUT2D eigenvalue weighted by atomic mass is 9.86. The molecule has 142 valence electrons. The first kappa shape index (κ1) is 19.9. The number of carbonyl (C=O) groups is 3. The lowest BCUT2D eigenvalue weighted by Crippen LogP contribution is -2.45. The summed E-state index contributed by atoms with van der Waals surface area (Å²) in [5.74, 6) is -1.42. The number of urea groups is 1. The lowest BCUT2D eigenvalue weighted by molar-refractivity contribution is -0.151. The zero-order valence-electron chi connectivity index (χ0n) is 15.5. The van der Waals surface area contributed by atoms with Crippen molar-refractivity contribution in [3.8, 4) is 0 Å². The van der Waals surface area contributed by atoms with E-state index in [-0.39, 0.29) is 12.0 Å². The SMILES string of the molecule is CC[C@@H](C)[C@H](C(=O)OCC(=O)NC(=O)NC1CCCC1)c1ccccc1. The van der Waals surface area contributed by atoms with Crippen LogP contribution in [0.25, 0.3) is 0 Å². The predicted octanol–water partition coefficient (Wildman–Crippen LogP) is 3.13. The molecule has 2 N–H and O–H groups in total. The van der Waals surface area contributed by atoms with Crippen molar-refractivity contribution in [1.82, 2.24) is 10.6 Å². The number of carbonyl (C=O) groups excluding carboxylic acids is 3. The summed E-state index contributed by atoms with van der Waals surface area (Å²) < 4.78 is 5.18. The molecule has 0 aromatic heterocycles. The Bertz CT molecular complexity index is 611. The summed E-state index contributed by atoms with van der Waals surface area (Å²) in [5.41, 5.74) is 0.867. The molecule has 1 fully saturated rings. The minimum absolute atomic E-state index is 0.0821. The van der Waals surface area contributed by atoms with Gasteiger partial charge in [-0.3, -0.25) is 14.9 Å². The number of amides is 3. The average molecular weight is 360 g/mol. The van der Waals surface area contributed by atoms with Crippen molar-refractivity contribution in [2.24, 2.45) is 5.92 Å². The predicted molar refractivity (Wildman–Crippen MR) is 98.5 cm³/mol. The van der Waals surface area contributed by atoms with E-state index in [1.807, 2.05) is 44.2 Å². The molecule has 0 bridgehead atoms. The van der Waals surface area contributed by atoms with E-state index in [0.29, 0.717) is 0 Å². The molecule has 26 heavy (non-hydrogen) atoms. The zero-order chi connectivity index (χ0) is 18.9. The first-order valence-corrected chi connectivity index (χ1v) is 9.33. The molecule has 0 saturated heterocycles. The van der Waals surface area contributed by atoms with Crippen LogP contribution in [-0.2, 0) is 14.3 Å². The van der Waals surface area contributed by atoms with E-state index >= 15 is 0 Å². The highest BCUT2D eigenvalue weighted by Gasteiger charge is 2.28. The van der Waals surface area contributed by atoms with Crippen LogP contribution >= 0.6 is 0 Å². The molecule has 6 heteroatoms. The minimum Gasteiger partial charge on any atom is -0.455 e. The normalized spacial score (nSPS) is 16.5. The monoisotopic (exact) mass is 360 g/mol. The van der Waals surface area contributed by atoms with Crippen LogP contribution in [0.1, 0.15) is 57.4 Å². The summed E-state index contributed by atoms with van der Waals surface area (Å²) in [7, 11) is 0. The second-order valence-electron chi connectivity index (χ2n) is 6.88.